The maximum Gasteiger partial charge on any atom is 0.243 e. The zero-order valence-corrected chi connectivity index (χ0v) is 20.5. The summed E-state index contributed by atoms with van der Waals surface area (Å²) in [6, 6.07) is 4.98. The number of aryl methyl sites for hydroxylation is 1. The molecule has 0 aromatic heterocycles. The monoisotopic (exact) mass is 465 g/mol. The van der Waals surface area contributed by atoms with Crippen LogP contribution < -0.4 is 10.1 Å². The molecule has 32 heavy (non-hydrogen) atoms. The lowest BCUT2D eigenvalue weighted by Crippen LogP contribution is -2.36. The van der Waals surface area contributed by atoms with E-state index in [1.54, 1.807) is 29.6 Å². The fourth-order valence-electron chi connectivity index (χ4n) is 4.72. The third-order valence-corrected chi connectivity index (χ3v) is 8.44. The fourth-order valence-corrected chi connectivity index (χ4v) is 6.29. The Morgan fingerprint density at radius 1 is 1.16 bits per heavy atom. The summed E-state index contributed by atoms with van der Waals surface area (Å²) in [7, 11) is -1.94. The molecule has 0 aliphatic carbocycles. The van der Waals surface area contributed by atoms with Crippen LogP contribution in [0, 0.1) is 5.92 Å². The molecule has 3 rings (SSSR count). The lowest BCUT2D eigenvalue weighted by Gasteiger charge is -2.30. The Morgan fingerprint density at radius 3 is 2.66 bits per heavy atom. The minimum absolute atomic E-state index is 0.0108. The summed E-state index contributed by atoms with van der Waals surface area (Å²) in [5.41, 5.74) is 0.753. The third-order valence-electron chi connectivity index (χ3n) is 6.54. The number of piperidine rings is 2. The number of nitrogens with one attached hydrogen (secondary N) is 1. The van der Waals surface area contributed by atoms with Crippen molar-refractivity contribution in [2.45, 2.75) is 63.2 Å². The van der Waals surface area contributed by atoms with Crippen molar-refractivity contribution in [2.24, 2.45) is 5.92 Å². The van der Waals surface area contributed by atoms with Crippen molar-refractivity contribution in [1.82, 2.24) is 14.5 Å². The highest BCUT2D eigenvalue weighted by Gasteiger charge is 2.26. The van der Waals surface area contributed by atoms with E-state index >= 15 is 0 Å². The standard InChI is InChI=1S/C24H39N3O4S/c1-20-8-6-14-26(19-20)15-7-13-25-24(28)12-9-21-18-22(10-11-23(21)31-2)32(29,30)27-16-4-3-5-17-27/h10-11,18,20H,3-9,12-17,19H2,1-2H3,(H,25,28)/t20-/m1/s1. The predicted octanol–water partition coefficient (Wildman–Crippen LogP) is 3.04. The molecule has 2 heterocycles. The van der Waals surface area contributed by atoms with Gasteiger partial charge in [0.05, 0.1) is 12.0 Å². The summed E-state index contributed by atoms with van der Waals surface area (Å²) in [6.45, 7) is 7.46. The van der Waals surface area contributed by atoms with Crippen LogP contribution in [-0.4, -0.2) is 69.9 Å². The lowest BCUT2D eigenvalue weighted by molar-refractivity contribution is -0.121. The smallest absolute Gasteiger partial charge is 0.243 e. The van der Waals surface area contributed by atoms with Crippen LogP contribution in [0.2, 0.25) is 0 Å². The molecular weight excluding hydrogens is 426 g/mol. The van der Waals surface area contributed by atoms with Crippen molar-refractivity contribution in [1.29, 1.82) is 0 Å². The summed E-state index contributed by atoms with van der Waals surface area (Å²) in [6.07, 6.45) is 7.17. The molecule has 1 N–H and O–H groups in total. The second-order valence-corrected chi connectivity index (χ2v) is 11.1. The first-order valence-electron chi connectivity index (χ1n) is 12.1. The number of sulfonamides is 1. The van der Waals surface area contributed by atoms with E-state index in [1.165, 1.54) is 12.8 Å². The first-order chi connectivity index (χ1) is 15.4. The van der Waals surface area contributed by atoms with Crippen LogP contribution in [0.3, 0.4) is 0 Å². The van der Waals surface area contributed by atoms with Gasteiger partial charge in [0.2, 0.25) is 15.9 Å². The fraction of sp³-hybridized carbons (Fsp3) is 0.708. The van der Waals surface area contributed by atoms with Gasteiger partial charge in [-0.25, -0.2) is 8.42 Å². The first-order valence-corrected chi connectivity index (χ1v) is 13.5. The number of likely N-dealkylation sites (tertiary alicyclic amines) is 1. The Bertz CT molecular complexity index is 853. The number of hydrogen-bond acceptors (Lipinski definition) is 5. The summed E-state index contributed by atoms with van der Waals surface area (Å²) >= 11 is 0. The minimum Gasteiger partial charge on any atom is -0.496 e. The number of nitrogens with zero attached hydrogens (tertiary/aromatic N) is 2. The second kappa shape index (κ2) is 12.0. The number of carbonyl (C=O) groups is 1. The zero-order chi connectivity index (χ0) is 23.0. The van der Waals surface area contributed by atoms with Crippen LogP contribution in [0.25, 0.3) is 0 Å². The van der Waals surface area contributed by atoms with E-state index in [0.29, 0.717) is 38.2 Å². The van der Waals surface area contributed by atoms with Gasteiger partial charge in [-0.2, -0.15) is 4.31 Å². The van der Waals surface area contributed by atoms with Crippen LogP contribution in [0.4, 0.5) is 0 Å². The molecule has 2 aliphatic heterocycles. The Balaban J connectivity index is 1.50. The van der Waals surface area contributed by atoms with E-state index in [1.807, 2.05) is 0 Å². The normalized spacial score (nSPS) is 20.8. The third kappa shape index (κ3) is 6.93. The lowest BCUT2D eigenvalue weighted by atomic mass is 10.0. The molecule has 0 radical (unpaired) electrons. The number of benzene rings is 1. The Hall–Kier alpha value is -1.64. The molecule has 2 saturated heterocycles. The average Bonchev–Trinajstić information content (AvgIpc) is 2.81. The van der Waals surface area contributed by atoms with Crippen molar-refractivity contribution in [3.63, 3.8) is 0 Å². The highest BCUT2D eigenvalue weighted by molar-refractivity contribution is 7.89. The molecule has 2 fully saturated rings. The van der Waals surface area contributed by atoms with Crippen LogP contribution >= 0.6 is 0 Å². The second-order valence-electron chi connectivity index (χ2n) is 9.19. The van der Waals surface area contributed by atoms with E-state index in [2.05, 4.69) is 17.1 Å². The maximum absolute atomic E-state index is 13.0. The number of carbonyl (C=O) groups excluding carboxylic acids is 1. The molecule has 0 bridgehead atoms. The number of rotatable bonds is 10. The van der Waals surface area contributed by atoms with Crippen molar-refractivity contribution in [3.8, 4) is 5.75 Å². The van der Waals surface area contributed by atoms with Crippen molar-refractivity contribution >= 4 is 15.9 Å². The van der Waals surface area contributed by atoms with Gasteiger partial charge in [0.15, 0.2) is 0 Å². The Kier molecular flexibility index (Phi) is 9.37. The van der Waals surface area contributed by atoms with Gasteiger partial charge in [-0.3, -0.25) is 4.79 Å². The van der Waals surface area contributed by atoms with Gasteiger partial charge in [-0.05, 0) is 81.3 Å². The highest BCUT2D eigenvalue weighted by atomic mass is 32.2. The number of hydrogen-bond donors (Lipinski definition) is 1. The van der Waals surface area contributed by atoms with Gasteiger partial charge in [0, 0.05) is 32.6 Å². The van der Waals surface area contributed by atoms with Crippen LogP contribution in [0.15, 0.2) is 23.1 Å². The van der Waals surface area contributed by atoms with E-state index in [9.17, 15) is 13.2 Å². The van der Waals surface area contributed by atoms with Crippen LogP contribution in [0.1, 0.15) is 57.4 Å². The summed E-state index contributed by atoms with van der Waals surface area (Å²) in [4.78, 5) is 15.1. The molecule has 180 valence electrons. The molecular formula is C24H39N3O4S. The molecule has 1 aromatic carbocycles. The number of methoxy groups -OCH3 is 1. The Morgan fingerprint density at radius 2 is 1.94 bits per heavy atom. The number of ether oxygens (including phenoxy) is 1. The maximum atomic E-state index is 13.0. The predicted molar refractivity (Wildman–Crippen MR) is 126 cm³/mol. The topological polar surface area (TPSA) is 79.0 Å². The van der Waals surface area contributed by atoms with Crippen molar-refractivity contribution in [3.05, 3.63) is 23.8 Å². The first kappa shape index (κ1) is 25.0. The molecule has 1 atom stereocenters. The molecule has 7 nitrogen and oxygen atoms in total. The van der Waals surface area contributed by atoms with Gasteiger partial charge < -0.3 is 15.0 Å². The molecule has 8 heteroatoms. The highest BCUT2D eigenvalue weighted by Crippen LogP contribution is 2.27. The van der Waals surface area contributed by atoms with Crippen LogP contribution in [0.5, 0.6) is 5.75 Å². The minimum atomic E-state index is -3.51. The van der Waals surface area contributed by atoms with E-state index in [0.717, 1.165) is 56.8 Å². The Labute approximate surface area is 193 Å². The molecule has 2 aliphatic rings. The molecule has 1 amide bonds. The van der Waals surface area contributed by atoms with Crippen molar-refractivity contribution in [2.75, 3.05) is 46.4 Å². The SMILES string of the molecule is COc1ccc(S(=O)(=O)N2CCCCC2)cc1CCC(=O)NCCCN1CCC[C@@H](C)C1. The van der Waals surface area contributed by atoms with Gasteiger partial charge in [0.25, 0.3) is 0 Å². The van der Waals surface area contributed by atoms with E-state index < -0.39 is 10.0 Å². The average molecular weight is 466 g/mol. The molecule has 0 spiro atoms. The summed E-state index contributed by atoms with van der Waals surface area (Å²) < 4.78 is 33.0. The summed E-state index contributed by atoms with van der Waals surface area (Å²) in [5, 5.41) is 3.00. The quantitative estimate of drug-likeness (QED) is 0.538. The van der Waals surface area contributed by atoms with Gasteiger partial charge >= 0.3 is 0 Å². The summed E-state index contributed by atoms with van der Waals surface area (Å²) in [5.74, 6) is 1.38. The van der Waals surface area contributed by atoms with Gasteiger partial charge in [-0.1, -0.05) is 13.3 Å². The molecule has 0 saturated carbocycles. The largest absolute Gasteiger partial charge is 0.496 e. The van der Waals surface area contributed by atoms with Gasteiger partial charge in [0.1, 0.15) is 5.75 Å². The van der Waals surface area contributed by atoms with Crippen LogP contribution in [-0.2, 0) is 21.2 Å². The van der Waals surface area contributed by atoms with E-state index in [-0.39, 0.29) is 10.8 Å². The number of amides is 1. The van der Waals surface area contributed by atoms with Gasteiger partial charge in [-0.15, -0.1) is 0 Å². The zero-order valence-electron chi connectivity index (χ0n) is 19.6. The van der Waals surface area contributed by atoms with E-state index in [4.69, 9.17) is 4.74 Å². The molecule has 1 aromatic rings. The molecule has 0 unspecified atom stereocenters. The van der Waals surface area contributed by atoms with Crippen molar-refractivity contribution < 1.29 is 17.9 Å².